The van der Waals surface area contributed by atoms with E-state index >= 15 is 0 Å². The topological polar surface area (TPSA) is 81.4 Å². The molecule has 0 radical (unpaired) electrons. The van der Waals surface area contributed by atoms with Crippen LogP contribution in [0, 0.1) is 5.92 Å². The van der Waals surface area contributed by atoms with Crippen LogP contribution in [-0.4, -0.2) is 18.4 Å². The number of hydrogen-bond acceptors (Lipinski definition) is 3. The SMILES string of the molecule is CC(C)CONC(=O)c1ccc(C(N)=O)cc1. The van der Waals surface area contributed by atoms with Crippen molar-refractivity contribution >= 4 is 11.8 Å². The number of rotatable bonds is 5. The van der Waals surface area contributed by atoms with E-state index in [9.17, 15) is 9.59 Å². The molecule has 1 rings (SSSR count). The lowest BCUT2D eigenvalue weighted by Crippen LogP contribution is -2.25. The molecule has 0 atom stereocenters. The van der Waals surface area contributed by atoms with Gasteiger partial charge >= 0.3 is 0 Å². The Hall–Kier alpha value is -1.88. The smallest absolute Gasteiger partial charge is 0.274 e. The Labute approximate surface area is 99.9 Å². The zero-order valence-electron chi connectivity index (χ0n) is 9.90. The van der Waals surface area contributed by atoms with Gasteiger partial charge in [0, 0.05) is 11.1 Å². The third kappa shape index (κ3) is 4.24. The number of primary amides is 1. The number of amides is 2. The van der Waals surface area contributed by atoms with E-state index in [2.05, 4.69) is 5.48 Å². The highest BCUT2D eigenvalue weighted by Crippen LogP contribution is 2.03. The normalized spacial score (nSPS) is 10.3. The van der Waals surface area contributed by atoms with Gasteiger partial charge in [-0.3, -0.25) is 14.4 Å². The van der Waals surface area contributed by atoms with Crippen LogP contribution in [0.25, 0.3) is 0 Å². The van der Waals surface area contributed by atoms with Gasteiger partial charge in [-0.1, -0.05) is 13.8 Å². The Morgan fingerprint density at radius 3 is 2.24 bits per heavy atom. The lowest BCUT2D eigenvalue weighted by Gasteiger charge is -2.07. The third-order valence-corrected chi connectivity index (χ3v) is 2.01. The van der Waals surface area contributed by atoms with E-state index in [1.807, 2.05) is 13.8 Å². The van der Waals surface area contributed by atoms with E-state index in [0.717, 1.165) is 0 Å². The monoisotopic (exact) mass is 236 g/mol. The van der Waals surface area contributed by atoms with Crippen LogP contribution in [0.3, 0.4) is 0 Å². The number of nitrogens with two attached hydrogens (primary N) is 1. The number of nitrogens with one attached hydrogen (secondary N) is 1. The number of carbonyl (C=O) groups excluding carboxylic acids is 2. The molecule has 0 spiro atoms. The first kappa shape index (κ1) is 13.2. The molecule has 0 fully saturated rings. The summed E-state index contributed by atoms with van der Waals surface area (Å²) in [6.45, 7) is 4.41. The Morgan fingerprint density at radius 1 is 1.24 bits per heavy atom. The highest BCUT2D eigenvalue weighted by Gasteiger charge is 2.07. The van der Waals surface area contributed by atoms with Crippen LogP contribution in [0.5, 0.6) is 0 Å². The highest BCUT2D eigenvalue weighted by atomic mass is 16.6. The minimum Gasteiger partial charge on any atom is -0.366 e. The fraction of sp³-hybridized carbons (Fsp3) is 0.333. The molecule has 1 aromatic carbocycles. The molecule has 1 aromatic rings. The summed E-state index contributed by atoms with van der Waals surface area (Å²) in [6, 6.07) is 6.04. The van der Waals surface area contributed by atoms with Crippen molar-refractivity contribution in [3.8, 4) is 0 Å². The molecule has 92 valence electrons. The van der Waals surface area contributed by atoms with Crippen LogP contribution >= 0.6 is 0 Å². The Kier molecular flexibility index (Phi) is 4.66. The fourth-order valence-corrected chi connectivity index (χ4v) is 1.12. The van der Waals surface area contributed by atoms with Crippen molar-refractivity contribution in [2.75, 3.05) is 6.61 Å². The minimum absolute atomic E-state index is 0.340. The van der Waals surface area contributed by atoms with Crippen LogP contribution in [0.2, 0.25) is 0 Å². The molecule has 0 aliphatic rings. The van der Waals surface area contributed by atoms with Crippen LogP contribution < -0.4 is 11.2 Å². The second-order valence-corrected chi connectivity index (χ2v) is 4.08. The molecule has 5 heteroatoms. The molecule has 0 heterocycles. The first-order chi connectivity index (χ1) is 8.00. The first-order valence-electron chi connectivity index (χ1n) is 5.32. The number of hydroxylamine groups is 1. The highest BCUT2D eigenvalue weighted by molar-refractivity contribution is 5.96. The van der Waals surface area contributed by atoms with Crippen LogP contribution in [-0.2, 0) is 4.84 Å². The maximum Gasteiger partial charge on any atom is 0.274 e. The minimum atomic E-state index is -0.520. The summed E-state index contributed by atoms with van der Waals surface area (Å²) in [5.41, 5.74) is 8.19. The molecule has 0 aliphatic carbocycles. The van der Waals surface area contributed by atoms with Gasteiger partial charge < -0.3 is 5.73 Å². The van der Waals surface area contributed by atoms with Crippen molar-refractivity contribution in [3.05, 3.63) is 35.4 Å². The number of carbonyl (C=O) groups is 2. The molecule has 3 N–H and O–H groups in total. The van der Waals surface area contributed by atoms with E-state index in [1.54, 1.807) is 0 Å². The van der Waals surface area contributed by atoms with E-state index in [4.69, 9.17) is 10.6 Å². The van der Waals surface area contributed by atoms with Gasteiger partial charge in [0.2, 0.25) is 5.91 Å². The van der Waals surface area contributed by atoms with Gasteiger partial charge in [-0.15, -0.1) is 0 Å². The summed E-state index contributed by atoms with van der Waals surface area (Å²) in [7, 11) is 0. The predicted octanol–water partition coefficient (Wildman–Crippen LogP) is 1.10. The third-order valence-electron chi connectivity index (χ3n) is 2.01. The Bertz CT molecular complexity index is 399. The van der Waals surface area contributed by atoms with E-state index in [-0.39, 0.29) is 5.91 Å². The maximum atomic E-state index is 11.6. The molecule has 0 bridgehead atoms. The lowest BCUT2D eigenvalue weighted by atomic mass is 10.1. The van der Waals surface area contributed by atoms with Gasteiger partial charge in [-0.05, 0) is 30.2 Å². The fourth-order valence-electron chi connectivity index (χ4n) is 1.12. The summed E-state index contributed by atoms with van der Waals surface area (Å²) in [5, 5.41) is 0. The van der Waals surface area contributed by atoms with Crippen LogP contribution in [0.15, 0.2) is 24.3 Å². The van der Waals surface area contributed by atoms with E-state index in [1.165, 1.54) is 24.3 Å². The van der Waals surface area contributed by atoms with Gasteiger partial charge in [0.25, 0.3) is 5.91 Å². The molecule has 0 saturated carbocycles. The molecule has 0 saturated heterocycles. The van der Waals surface area contributed by atoms with Gasteiger partial charge in [0.1, 0.15) is 0 Å². The van der Waals surface area contributed by atoms with Gasteiger partial charge in [0.15, 0.2) is 0 Å². The zero-order valence-corrected chi connectivity index (χ0v) is 9.90. The number of benzene rings is 1. The van der Waals surface area contributed by atoms with Crippen LogP contribution in [0.1, 0.15) is 34.6 Å². The van der Waals surface area contributed by atoms with Crippen molar-refractivity contribution in [1.29, 1.82) is 0 Å². The molecular formula is C12H16N2O3. The molecule has 0 aromatic heterocycles. The summed E-state index contributed by atoms with van der Waals surface area (Å²) in [6.07, 6.45) is 0. The van der Waals surface area contributed by atoms with Crippen molar-refractivity contribution < 1.29 is 14.4 Å². The molecule has 5 nitrogen and oxygen atoms in total. The quantitative estimate of drug-likeness (QED) is 0.751. The van der Waals surface area contributed by atoms with Gasteiger partial charge in [-0.2, -0.15) is 0 Å². The summed E-state index contributed by atoms with van der Waals surface area (Å²) >= 11 is 0. The summed E-state index contributed by atoms with van der Waals surface area (Å²) in [4.78, 5) is 27.4. The molecular weight excluding hydrogens is 220 g/mol. The van der Waals surface area contributed by atoms with E-state index in [0.29, 0.717) is 23.7 Å². The average Bonchev–Trinajstić information content (AvgIpc) is 2.28. The molecule has 0 aliphatic heterocycles. The Balaban J connectivity index is 2.55. The largest absolute Gasteiger partial charge is 0.366 e. The van der Waals surface area contributed by atoms with Crippen molar-refractivity contribution in [1.82, 2.24) is 5.48 Å². The van der Waals surface area contributed by atoms with Crippen molar-refractivity contribution in [3.63, 3.8) is 0 Å². The van der Waals surface area contributed by atoms with Gasteiger partial charge in [0.05, 0.1) is 6.61 Å². The maximum absolute atomic E-state index is 11.6. The summed E-state index contributed by atoms with van der Waals surface area (Å²) in [5.74, 6) is -0.526. The Morgan fingerprint density at radius 2 is 1.76 bits per heavy atom. The van der Waals surface area contributed by atoms with Crippen molar-refractivity contribution in [2.45, 2.75) is 13.8 Å². The van der Waals surface area contributed by atoms with E-state index < -0.39 is 5.91 Å². The van der Waals surface area contributed by atoms with Crippen molar-refractivity contribution in [2.24, 2.45) is 11.7 Å². The first-order valence-corrected chi connectivity index (χ1v) is 5.32. The second-order valence-electron chi connectivity index (χ2n) is 4.08. The molecule has 17 heavy (non-hydrogen) atoms. The number of hydrogen-bond donors (Lipinski definition) is 2. The summed E-state index contributed by atoms with van der Waals surface area (Å²) < 4.78 is 0. The van der Waals surface area contributed by atoms with Gasteiger partial charge in [-0.25, -0.2) is 5.48 Å². The zero-order chi connectivity index (χ0) is 12.8. The molecule has 0 unspecified atom stereocenters. The van der Waals surface area contributed by atoms with Crippen LogP contribution in [0.4, 0.5) is 0 Å². The molecule has 2 amide bonds. The second kappa shape index (κ2) is 6.00. The standard InChI is InChI=1S/C12H16N2O3/c1-8(2)7-17-14-12(16)10-5-3-9(4-6-10)11(13)15/h3-6,8H,7H2,1-2H3,(H2,13,15)(H,14,16). The predicted molar refractivity (Wildman–Crippen MR) is 63.2 cm³/mol. The lowest BCUT2D eigenvalue weighted by molar-refractivity contribution is 0.0208. The average molecular weight is 236 g/mol.